The number of benzene rings is 2. The first-order valence-electron chi connectivity index (χ1n) is 10.4. The molecule has 0 aliphatic carbocycles. The van der Waals surface area contributed by atoms with Gasteiger partial charge in [0.1, 0.15) is 12.1 Å². The molecule has 2 heterocycles. The predicted octanol–water partition coefficient (Wildman–Crippen LogP) is 7.16. The lowest BCUT2D eigenvalue weighted by Gasteiger charge is -2.20. The van der Waals surface area contributed by atoms with Gasteiger partial charge in [-0.2, -0.15) is 0 Å². The van der Waals surface area contributed by atoms with Crippen LogP contribution in [0.1, 0.15) is 26.5 Å². The van der Waals surface area contributed by atoms with Crippen molar-refractivity contribution in [3.05, 3.63) is 77.6 Å². The maximum atomic E-state index is 12.7. The molecule has 0 saturated carbocycles. The van der Waals surface area contributed by atoms with E-state index in [4.69, 9.17) is 21.3 Å². The molecule has 4 aromatic rings. The summed E-state index contributed by atoms with van der Waals surface area (Å²) >= 11 is 7.74. The lowest BCUT2D eigenvalue weighted by Crippen LogP contribution is -2.26. The van der Waals surface area contributed by atoms with E-state index >= 15 is 0 Å². The van der Waals surface area contributed by atoms with Crippen molar-refractivity contribution in [2.45, 2.75) is 49.6 Å². The summed E-state index contributed by atoms with van der Waals surface area (Å²) in [6.45, 7) is 7.82. The number of halogens is 1. The van der Waals surface area contributed by atoms with Crippen molar-refractivity contribution in [3.63, 3.8) is 0 Å². The van der Waals surface area contributed by atoms with Crippen molar-refractivity contribution in [1.82, 2.24) is 9.55 Å². The second-order valence-corrected chi connectivity index (χ2v) is 10.1. The van der Waals surface area contributed by atoms with Crippen molar-refractivity contribution >= 4 is 40.2 Å². The molecule has 4 nitrogen and oxygen atoms in total. The van der Waals surface area contributed by atoms with Gasteiger partial charge < -0.3 is 9.30 Å². The number of pyridine rings is 1. The van der Waals surface area contributed by atoms with E-state index in [1.54, 1.807) is 18.0 Å². The Hall–Kier alpha value is -2.76. The number of aromatic nitrogens is 2. The first-order chi connectivity index (χ1) is 15.2. The minimum absolute atomic E-state index is 0.138. The maximum absolute atomic E-state index is 12.7. The standard InChI is InChI=1S/C26H25ClN2O2S/c1-17-25(32-20-12-10-19(27)11-13-20)23-21(29(17)16-22(30)31-26(2,3)4)14-15-28-24(23)18-8-6-5-7-9-18/h5-15H,16H2,1-4H3. The van der Waals surface area contributed by atoms with Crippen LogP contribution in [0.4, 0.5) is 0 Å². The third-order valence-electron chi connectivity index (χ3n) is 4.97. The Labute approximate surface area is 197 Å². The smallest absolute Gasteiger partial charge is 0.326 e. The summed E-state index contributed by atoms with van der Waals surface area (Å²) in [6, 6.07) is 19.9. The zero-order chi connectivity index (χ0) is 22.9. The van der Waals surface area contributed by atoms with Gasteiger partial charge in [-0.25, -0.2) is 0 Å². The number of hydrogen-bond donors (Lipinski definition) is 0. The topological polar surface area (TPSA) is 44.1 Å². The van der Waals surface area contributed by atoms with Crippen LogP contribution in [0.5, 0.6) is 0 Å². The number of fused-ring (bicyclic) bond motifs is 1. The number of esters is 1. The maximum Gasteiger partial charge on any atom is 0.326 e. The molecule has 2 aromatic carbocycles. The summed E-state index contributed by atoms with van der Waals surface area (Å²) in [5, 5.41) is 1.73. The van der Waals surface area contributed by atoms with E-state index in [9.17, 15) is 4.79 Å². The van der Waals surface area contributed by atoms with Crippen LogP contribution in [0.3, 0.4) is 0 Å². The van der Waals surface area contributed by atoms with E-state index in [0.717, 1.165) is 37.6 Å². The average molecular weight is 465 g/mol. The van der Waals surface area contributed by atoms with E-state index in [1.165, 1.54) is 0 Å². The van der Waals surface area contributed by atoms with E-state index in [1.807, 2.05) is 80.8 Å². The van der Waals surface area contributed by atoms with Crippen LogP contribution in [-0.2, 0) is 16.1 Å². The summed E-state index contributed by atoms with van der Waals surface area (Å²) in [4.78, 5) is 19.6. The lowest BCUT2D eigenvalue weighted by atomic mass is 10.1. The average Bonchev–Trinajstić information content (AvgIpc) is 3.00. The molecule has 164 valence electrons. The summed E-state index contributed by atoms with van der Waals surface area (Å²) in [5.74, 6) is -0.265. The molecule has 0 radical (unpaired) electrons. The molecule has 0 N–H and O–H groups in total. The summed E-state index contributed by atoms with van der Waals surface area (Å²) in [7, 11) is 0. The molecular weight excluding hydrogens is 440 g/mol. The number of carbonyl (C=O) groups excluding carboxylic acids is 1. The Kier molecular flexibility index (Phi) is 6.31. The fraction of sp³-hybridized carbons (Fsp3) is 0.231. The SMILES string of the molecule is Cc1c(Sc2ccc(Cl)cc2)c2c(-c3ccccc3)nccc2n1CC(=O)OC(C)(C)C. The molecule has 0 unspecified atom stereocenters. The van der Waals surface area contributed by atoms with Gasteiger partial charge in [-0.05, 0) is 58.0 Å². The van der Waals surface area contributed by atoms with Crippen LogP contribution in [0.2, 0.25) is 5.02 Å². The molecule has 0 spiro atoms. The van der Waals surface area contributed by atoms with Gasteiger partial charge in [0.15, 0.2) is 0 Å². The molecule has 0 aliphatic rings. The first kappa shape index (κ1) is 22.4. The van der Waals surface area contributed by atoms with Gasteiger partial charge in [-0.1, -0.05) is 53.7 Å². The third kappa shape index (κ3) is 4.84. The fourth-order valence-electron chi connectivity index (χ4n) is 3.65. The molecule has 0 bridgehead atoms. The normalized spacial score (nSPS) is 11.7. The zero-order valence-electron chi connectivity index (χ0n) is 18.6. The van der Waals surface area contributed by atoms with Crippen molar-refractivity contribution in [2.24, 2.45) is 0 Å². The van der Waals surface area contributed by atoms with Gasteiger partial charge in [-0.15, -0.1) is 0 Å². The van der Waals surface area contributed by atoms with Crippen molar-refractivity contribution in [1.29, 1.82) is 0 Å². The van der Waals surface area contributed by atoms with Gasteiger partial charge in [0.2, 0.25) is 0 Å². The predicted molar refractivity (Wildman–Crippen MR) is 131 cm³/mol. The highest BCUT2D eigenvalue weighted by atomic mass is 35.5. The quantitative estimate of drug-likeness (QED) is 0.294. The van der Waals surface area contributed by atoms with Crippen LogP contribution in [0, 0.1) is 6.92 Å². The van der Waals surface area contributed by atoms with E-state index < -0.39 is 5.60 Å². The number of hydrogen-bond acceptors (Lipinski definition) is 4. The van der Waals surface area contributed by atoms with Crippen molar-refractivity contribution in [2.75, 3.05) is 0 Å². The highest BCUT2D eigenvalue weighted by Gasteiger charge is 2.23. The van der Waals surface area contributed by atoms with Gasteiger partial charge in [0.05, 0.1) is 11.2 Å². The minimum Gasteiger partial charge on any atom is -0.459 e. The molecular formula is C26H25ClN2O2S. The molecule has 4 rings (SSSR count). The Bertz CT molecular complexity index is 1260. The fourth-order valence-corrected chi connectivity index (χ4v) is 4.85. The summed E-state index contributed by atoms with van der Waals surface area (Å²) < 4.78 is 7.63. The van der Waals surface area contributed by atoms with E-state index in [0.29, 0.717) is 5.02 Å². The summed E-state index contributed by atoms with van der Waals surface area (Å²) in [6.07, 6.45) is 1.80. The molecule has 6 heteroatoms. The third-order valence-corrected chi connectivity index (χ3v) is 6.43. The lowest BCUT2D eigenvalue weighted by molar-refractivity contribution is -0.155. The summed E-state index contributed by atoms with van der Waals surface area (Å²) in [5.41, 5.74) is 3.34. The monoisotopic (exact) mass is 464 g/mol. The molecule has 0 amide bonds. The second-order valence-electron chi connectivity index (χ2n) is 8.56. The van der Waals surface area contributed by atoms with Crippen LogP contribution in [0.15, 0.2) is 76.7 Å². The van der Waals surface area contributed by atoms with Crippen LogP contribution < -0.4 is 0 Å². The Morgan fingerprint density at radius 1 is 1.06 bits per heavy atom. The van der Waals surface area contributed by atoms with Crippen LogP contribution in [0.25, 0.3) is 22.2 Å². The highest BCUT2D eigenvalue weighted by Crippen LogP contribution is 2.42. The number of nitrogens with zero attached hydrogens (tertiary/aromatic N) is 2. The number of ether oxygens (including phenoxy) is 1. The van der Waals surface area contributed by atoms with Gasteiger partial charge >= 0.3 is 5.97 Å². The van der Waals surface area contributed by atoms with Crippen molar-refractivity contribution in [3.8, 4) is 11.3 Å². The van der Waals surface area contributed by atoms with Gasteiger partial charge in [0, 0.05) is 37.7 Å². The van der Waals surface area contributed by atoms with Gasteiger partial charge in [0.25, 0.3) is 0 Å². The molecule has 2 aromatic heterocycles. The Balaban J connectivity index is 1.88. The molecule has 32 heavy (non-hydrogen) atoms. The number of carbonyl (C=O) groups is 1. The molecule has 0 atom stereocenters. The Morgan fingerprint density at radius 2 is 1.75 bits per heavy atom. The van der Waals surface area contributed by atoms with Crippen molar-refractivity contribution < 1.29 is 9.53 Å². The molecule has 0 fully saturated rings. The highest BCUT2D eigenvalue weighted by molar-refractivity contribution is 7.99. The number of rotatable bonds is 5. The molecule has 0 saturated heterocycles. The van der Waals surface area contributed by atoms with E-state index in [2.05, 4.69) is 12.1 Å². The van der Waals surface area contributed by atoms with Gasteiger partial charge in [-0.3, -0.25) is 9.78 Å². The van der Waals surface area contributed by atoms with Crippen LogP contribution in [-0.4, -0.2) is 21.1 Å². The second kappa shape index (κ2) is 9.00. The van der Waals surface area contributed by atoms with E-state index in [-0.39, 0.29) is 12.5 Å². The zero-order valence-corrected chi connectivity index (χ0v) is 20.1. The minimum atomic E-state index is -0.536. The first-order valence-corrected chi connectivity index (χ1v) is 11.6. The largest absolute Gasteiger partial charge is 0.459 e. The molecule has 0 aliphatic heterocycles. The van der Waals surface area contributed by atoms with Crippen LogP contribution >= 0.6 is 23.4 Å². The Morgan fingerprint density at radius 3 is 2.41 bits per heavy atom.